The summed E-state index contributed by atoms with van der Waals surface area (Å²) in [6, 6.07) is 18.9. The SMILES string of the molecule is COc1cc(-c2ccc(Cl)cc2)ccc1-c1nc2c(ccc3cc(S(=O)(=O)O)cc(O)c32)[nH]1. The topological polar surface area (TPSA) is 113 Å². The van der Waals surface area contributed by atoms with Gasteiger partial charge in [0, 0.05) is 11.1 Å². The Balaban J connectivity index is 1.65. The first-order valence-corrected chi connectivity index (χ1v) is 11.6. The molecule has 33 heavy (non-hydrogen) atoms. The molecule has 0 aliphatic heterocycles. The molecular weight excluding hydrogens is 464 g/mol. The highest BCUT2D eigenvalue weighted by molar-refractivity contribution is 7.85. The van der Waals surface area contributed by atoms with E-state index in [0.29, 0.717) is 44.0 Å². The third kappa shape index (κ3) is 3.78. The van der Waals surface area contributed by atoms with Crippen LogP contribution in [0.5, 0.6) is 11.5 Å². The lowest BCUT2D eigenvalue weighted by molar-refractivity contribution is 0.416. The van der Waals surface area contributed by atoms with Gasteiger partial charge in [0.15, 0.2) is 0 Å². The van der Waals surface area contributed by atoms with E-state index in [1.165, 1.54) is 6.07 Å². The van der Waals surface area contributed by atoms with Crippen molar-refractivity contribution in [1.29, 1.82) is 0 Å². The quantitative estimate of drug-likeness (QED) is 0.286. The Morgan fingerprint density at radius 2 is 1.70 bits per heavy atom. The molecule has 0 saturated carbocycles. The molecule has 0 spiro atoms. The lowest BCUT2D eigenvalue weighted by Crippen LogP contribution is -1.97. The number of halogens is 1. The predicted molar refractivity (Wildman–Crippen MR) is 128 cm³/mol. The fourth-order valence-electron chi connectivity index (χ4n) is 3.87. The minimum absolute atomic E-state index is 0.297. The maximum atomic E-state index is 11.5. The molecule has 0 aliphatic carbocycles. The number of nitrogens with zero attached hydrogens (tertiary/aromatic N) is 1. The number of phenols is 1. The molecule has 9 heteroatoms. The van der Waals surface area contributed by atoms with Crippen molar-refractivity contribution in [2.45, 2.75) is 4.90 Å². The Kier molecular flexibility index (Phi) is 5.01. The van der Waals surface area contributed by atoms with Crippen LogP contribution in [0.3, 0.4) is 0 Å². The molecule has 0 amide bonds. The fourth-order valence-corrected chi connectivity index (χ4v) is 4.53. The molecule has 5 aromatic rings. The Labute approximate surface area is 194 Å². The monoisotopic (exact) mass is 480 g/mol. The van der Waals surface area contributed by atoms with Gasteiger partial charge in [-0.3, -0.25) is 4.55 Å². The maximum Gasteiger partial charge on any atom is 0.294 e. The molecule has 7 nitrogen and oxygen atoms in total. The zero-order valence-electron chi connectivity index (χ0n) is 17.2. The Morgan fingerprint density at radius 3 is 2.39 bits per heavy atom. The fraction of sp³-hybridized carbons (Fsp3) is 0.0417. The number of hydrogen-bond acceptors (Lipinski definition) is 5. The van der Waals surface area contributed by atoms with Gasteiger partial charge in [-0.1, -0.05) is 35.9 Å². The van der Waals surface area contributed by atoms with Gasteiger partial charge in [0.2, 0.25) is 0 Å². The number of imidazole rings is 1. The summed E-state index contributed by atoms with van der Waals surface area (Å²) in [4.78, 5) is 7.50. The molecule has 0 radical (unpaired) electrons. The second-order valence-electron chi connectivity index (χ2n) is 7.48. The van der Waals surface area contributed by atoms with Crippen molar-refractivity contribution in [3.05, 3.63) is 71.8 Å². The van der Waals surface area contributed by atoms with Crippen LogP contribution in [0.25, 0.3) is 44.3 Å². The van der Waals surface area contributed by atoms with E-state index in [9.17, 15) is 18.1 Å². The summed E-state index contributed by atoms with van der Waals surface area (Å²) in [7, 11) is -2.88. The first kappa shape index (κ1) is 21.3. The van der Waals surface area contributed by atoms with Crippen molar-refractivity contribution in [3.8, 4) is 34.0 Å². The summed E-state index contributed by atoms with van der Waals surface area (Å²) in [5.74, 6) is 0.827. The summed E-state index contributed by atoms with van der Waals surface area (Å²) in [5.41, 5.74) is 3.76. The van der Waals surface area contributed by atoms with Gasteiger partial charge in [0.05, 0.1) is 28.5 Å². The van der Waals surface area contributed by atoms with Crippen LogP contribution in [0, 0.1) is 0 Å². The zero-order valence-corrected chi connectivity index (χ0v) is 18.8. The van der Waals surface area contributed by atoms with Crippen LogP contribution in [0.15, 0.2) is 71.6 Å². The minimum Gasteiger partial charge on any atom is -0.507 e. The number of fused-ring (bicyclic) bond motifs is 3. The number of phenolic OH excluding ortho intramolecular Hbond substituents is 1. The molecule has 3 N–H and O–H groups in total. The minimum atomic E-state index is -4.46. The highest BCUT2D eigenvalue weighted by Crippen LogP contribution is 2.38. The normalized spacial score (nSPS) is 11.8. The van der Waals surface area contributed by atoms with Gasteiger partial charge in [-0.05, 0) is 52.9 Å². The number of H-pyrrole nitrogens is 1. The molecule has 5 rings (SSSR count). The van der Waals surface area contributed by atoms with Crippen molar-refractivity contribution in [2.75, 3.05) is 7.11 Å². The molecule has 166 valence electrons. The summed E-state index contributed by atoms with van der Waals surface area (Å²) < 4.78 is 38.0. The molecule has 0 aliphatic rings. The lowest BCUT2D eigenvalue weighted by Gasteiger charge is -2.09. The van der Waals surface area contributed by atoms with Crippen LogP contribution in [-0.2, 0) is 10.1 Å². The van der Waals surface area contributed by atoms with Crippen LogP contribution < -0.4 is 4.74 Å². The summed E-state index contributed by atoms with van der Waals surface area (Å²) >= 11 is 5.99. The number of aromatic hydroxyl groups is 1. The molecule has 0 atom stereocenters. The van der Waals surface area contributed by atoms with Crippen molar-refractivity contribution in [3.63, 3.8) is 0 Å². The summed E-state index contributed by atoms with van der Waals surface area (Å²) in [6.45, 7) is 0. The van der Waals surface area contributed by atoms with Crippen molar-refractivity contribution in [2.24, 2.45) is 0 Å². The van der Waals surface area contributed by atoms with E-state index >= 15 is 0 Å². The highest BCUT2D eigenvalue weighted by atomic mass is 35.5. The van der Waals surface area contributed by atoms with E-state index in [2.05, 4.69) is 9.97 Å². The van der Waals surface area contributed by atoms with Crippen LogP contribution in [0.1, 0.15) is 0 Å². The van der Waals surface area contributed by atoms with Gasteiger partial charge in [0.25, 0.3) is 10.1 Å². The van der Waals surface area contributed by atoms with E-state index in [4.69, 9.17) is 16.3 Å². The van der Waals surface area contributed by atoms with Crippen LogP contribution in [0.2, 0.25) is 5.02 Å². The number of aromatic amines is 1. The van der Waals surface area contributed by atoms with Gasteiger partial charge >= 0.3 is 0 Å². The van der Waals surface area contributed by atoms with Gasteiger partial charge in [-0.15, -0.1) is 0 Å². The predicted octanol–water partition coefficient (Wildman–Crippen LogP) is 5.66. The summed E-state index contributed by atoms with van der Waals surface area (Å²) in [5, 5.41) is 12.0. The van der Waals surface area contributed by atoms with Crippen LogP contribution >= 0.6 is 11.6 Å². The maximum absolute atomic E-state index is 11.5. The summed E-state index contributed by atoms with van der Waals surface area (Å²) in [6.07, 6.45) is 0. The van der Waals surface area contributed by atoms with E-state index in [0.717, 1.165) is 17.2 Å². The molecule has 0 unspecified atom stereocenters. The zero-order chi connectivity index (χ0) is 23.3. The molecular formula is C24H17ClN2O5S. The van der Waals surface area contributed by atoms with Crippen LogP contribution in [0.4, 0.5) is 0 Å². The van der Waals surface area contributed by atoms with E-state index in [-0.39, 0.29) is 10.6 Å². The standard InChI is InChI=1S/C24H17ClN2O5S/c1-32-21-11-14(13-2-6-16(25)7-3-13)4-8-18(21)24-26-19-9-5-15-10-17(33(29,30)31)12-20(28)22(15)23(19)27-24/h2-12,28H,1H3,(H,26,27)(H,29,30,31). The van der Waals surface area contributed by atoms with E-state index in [1.807, 2.05) is 42.5 Å². The van der Waals surface area contributed by atoms with Gasteiger partial charge < -0.3 is 14.8 Å². The number of nitrogens with one attached hydrogen (secondary N) is 1. The number of hydrogen-bond donors (Lipinski definition) is 3. The smallest absolute Gasteiger partial charge is 0.294 e. The molecule has 1 aromatic heterocycles. The Morgan fingerprint density at radius 1 is 0.970 bits per heavy atom. The lowest BCUT2D eigenvalue weighted by atomic mass is 10.0. The van der Waals surface area contributed by atoms with Crippen molar-refractivity contribution in [1.82, 2.24) is 9.97 Å². The van der Waals surface area contributed by atoms with Crippen molar-refractivity contribution < 1.29 is 22.8 Å². The third-order valence-corrected chi connectivity index (χ3v) is 6.54. The van der Waals surface area contributed by atoms with Gasteiger partial charge in [-0.2, -0.15) is 8.42 Å². The van der Waals surface area contributed by atoms with Gasteiger partial charge in [-0.25, -0.2) is 4.98 Å². The third-order valence-electron chi connectivity index (χ3n) is 5.45. The Hall–Kier alpha value is -3.59. The molecule has 0 fully saturated rings. The second-order valence-corrected chi connectivity index (χ2v) is 9.34. The van der Waals surface area contributed by atoms with E-state index < -0.39 is 10.1 Å². The first-order valence-electron chi connectivity index (χ1n) is 9.82. The highest BCUT2D eigenvalue weighted by Gasteiger charge is 2.18. The number of aromatic nitrogens is 2. The number of benzene rings is 4. The van der Waals surface area contributed by atoms with Gasteiger partial charge in [0.1, 0.15) is 22.8 Å². The average Bonchev–Trinajstić information content (AvgIpc) is 3.22. The van der Waals surface area contributed by atoms with Crippen molar-refractivity contribution >= 4 is 43.5 Å². The van der Waals surface area contributed by atoms with E-state index in [1.54, 1.807) is 19.2 Å². The molecule has 4 aromatic carbocycles. The second kappa shape index (κ2) is 7.77. The average molecular weight is 481 g/mol. The Bertz CT molecular complexity index is 1640. The molecule has 1 heterocycles. The van der Waals surface area contributed by atoms with Crippen LogP contribution in [-0.4, -0.2) is 35.2 Å². The number of rotatable bonds is 4. The first-order chi connectivity index (χ1) is 15.7. The molecule has 0 saturated heterocycles. The largest absolute Gasteiger partial charge is 0.507 e. The molecule has 0 bridgehead atoms. The number of ether oxygens (including phenoxy) is 1. The number of methoxy groups -OCH3 is 1.